The summed E-state index contributed by atoms with van der Waals surface area (Å²) in [5.41, 5.74) is 9.25. The molecule has 6 N–H and O–H groups in total. The number of hydrogen-bond donors (Lipinski definition) is 5. The lowest BCUT2D eigenvalue weighted by Gasteiger charge is -2.14. The van der Waals surface area contributed by atoms with Gasteiger partial charge >= 0.3 is 0 Å². The van der Waals surface area contributed by atoms with Crippen LogP contribution in [0.2, 0.25) is 0 Å². The molecule has 0 spiro atoms. The van der Waals surface area contributed by atoms with E-state index in [2.05, 4.69) is 33.7 Å². The van der Waals surface area contributed by atoms with Crippen molar-refractivity contribution in [1.82, 2.24) is 15.5 Å². The van der Waals surface area contributed by atoms with Crippen LogP contribution in [0.25, 0.3) is 0 Å². The van der Waals surface area contributed by atoms with Crippen LogP contribution in [0, 0.1) is 23.7 Å². The van der Waals surface area contributed by atoms with Gasteiger partial charge in [0.15, 0.2) is 0 Å². The van der Waals surface area contributed by atoms with Crippen molar-refractivity contribution in [3.05, 3.63) is 70.8 Å². The molecule has 0 bridgehead atoms. The lowest BCUT2D eigenvalue weighted by atomic mass is 10.1. The summed E-state index contributed by atoms with van der Waals surface area (Å²) in [4.78, 5) is 23.6. The molecule has 0 aromatic heterocycles. The summed E-state index contributed by atoms with van der Waals surface area (Å²) < 4.78 is 24.8. The minimum atomic E-state index is -3.27. The van der Waals surface area contributed by atoms with Crippen molar-refractivity contribution in [2.24, 2.45) is 5.73 Å². The van der Waals surface area contributed by atoms with Crippen LogP contribution in [-0.4, -0.2) is 44.3 Å². The van der Waals surface area contributed by atoms with E-state index in [9.17, 15) is 18.0 Å². The molecule has 0 fully saturated rings. The monoisotopic (exact) mass is 454 g/mol. The van der Waals surface area contributed by atoms with Crippen LogP contribution in [0.1, 0.15) is 27.0 Å². The molecule has 0 aliphatic rings. The first kappa shape index (κ1) is 24.6. The smallest absolute Gasteiger partial charge is 0.267 e. The molecule has 2 aromatic rings. The van der Waals surface area contributed by atoms with Crippen LogP contribution in [0.4, 0.5) is 0 Å². The molecule has 9 nitrogen and oxygen atoms in total. The van der Waals surface area contributed by atoms with E-state index in [0.29, 0.717) is 16.7 Å². The number of amides is 2. The topological polar surface area (TPSA) is 151 Å². The molecule has 2 rings (SSSR count). The zero-order valence-electron chi connectivity index (χ0n) is 17.2. The molecule has 0 radical (unpaired) electrons. The summed E-state index contributed by atoms with van der Waals surface area (Å²) in [6.07, 6.45) is 1.10. The number of carbonyl (C=O) groups excluding carboxylic acids is 2. The number of carbonyl (C=O) groups is 2. The van der Waals surface area contributed by atoms with Gasteiger partial charge in [-0.05, 0) is 53.8 Å². The Morgan fingerprint density at radius 1 is 1.06 bits per heavy atom. The van der Waals surface area contributed by atoms with Crippen LogP contribution < -0.4 is 21.3 Å². The van der Waals surface area contributed by atoms with E-state index in [0.717, 1.165) is 11.8 Å². The van der Waals surface area contributed by atoms with Crippen molar-refractivity contribution in [2.75, 3.05) is 12.8 Å². The summed E-state index contributed by atoms with van der Waals surface area (Å²) in [5, 5.41) is 11.1. The lowest BCUT2D eigenvalue weighted by molar-refractivity contribution is -0.130. The maximum atomic E-state index is 12.2. The van der Waals surface area contributed by atoms with Crippen LogP contribution in [0.15, 0.2) is 48.5 Å². The number of hydroxylamine groups is 1. The van der Waals surface area contributed by atoms with E-state index in [1.807, 2.05) is 0 Å². The second-order valence-electron chi connectivity index (χ2n) is 6.61. The van der Waals surface area contributed by atoms with Crippen molar-refractivity contribution in [2.45, 2.75) is 12.6 Å². The van der Waals surface area contributed by atoms with Gasteiger partial charge in [-0.1, -0.05) is 24.0 Å². The van der Waals surface area contributed by atoms with E-state index >= 15 is 0 Å². The average Bonchev–Trinajstić information content (AvgIpc) is 2.78. The van der Waals surface area contributed by atoms with Gasteiger partial charge in [0.2, 0.25) is 10.0 Å². The summed E-state index contributed by atoms with van der Waals surface area (Å²) >= 11 is 0. The Bertz CT molecular complexity index is 1200. The zero-order valence-corrected chi connectivity index (χ0v) is 18.0. The maximum Gasteiger partial charge on any atom is 0.267 e. The third-order valence-corrected chi connectivity index (χ3v) is 4.73. The lowest BCUT2D eigenvalue weighted by Crippen LogP contribution is -2.50. The Morgan fingerprint density at radius 2 is 1.72 bits per heavy atom. The van der Waals surface area contributed by atoms with Crippen molar-refractivity contribution in [3.8, 4) is 23.7 Å². The fourth-order valence-corrected chi connectivity index (χ4v) is 2.87. The molecule has 2 amide bonds. The van der Waals surface area contributed by atoms with Crippen molar-refractivity contribution >= 4 is 21.8 Å². The highest BCUT2D eigenvalue weighted by molar-refractivity contribution is 7.88. The van der Waals surface area contributed by atoms with Gasteiger partial charge in [-0.25, -0.2) is 18.6 Å². The molecule has 0 aliphatic heterocycles. The Morgan fingerprint density at radius 3 is 2.31 bits per heavy atom. The molecule has 0 saturated heterocycles. The summed E-state index contributed by atoms with van der Waals surface area (Å²) in [6.45, 7) is 0.00808. The molecule has 32 heavy (non-hydrogen) atoms. The maximum absolute atomic E-state index is 12.2. The molecular weight excluding hydrogens is 432 g/mol. The largest absolute Gasteiger partial charge is 0.339 e. The first-order valence-electron chi connectivity index (χ1n) is 9.32. The second kappa shape index (κ2) is 11.6. The predicted molar refractivity (Wildman–Crippen MR) is 119 cm³/mol. The Kier molecular flexibility index (Phi) is 8.95. The average molecular weight is 455 g/mol. The van der Waals surface area contributed by atoms with Crippen LogP contribution in [-0.2, 0) is 21.4 Å². The molecule has 0 aliphatic carbocycles. The molecule has 10 heteroatoms. The van der Waals surface area contributed by atoms with E-state index in [1.54, 1.807) is 36.4 Å². The van der Waals surface area contributed by atoms with Crippen molar-refractivity contribution < 1.29 is 23.2 Å². The highest BCUT2D eigenvalue weighted by Crippen LogP contribution is 2.05. The van der Waals surface area contributed by atoms with Gasteiger partial charge < -0.3 is 11.1 Å². The standard InChI is InChI=1S/C22H22N4O5S/c1-32(30,31)24-15-18-8-4-7-17(13-18)6-3-2-5-16-9-11-19(12-10-16)21(27)25-20(14-23)22(28)26-29/h4,7-13,20,24,29H,14-15,23H2,1H3,(H,25,27)(H,26,28)/t20-/m0/s1. The number of nitrogens with one attached hydrogen (secondary N) is 3. The van der Waals surface area contributed by atoms with Gasteiger partial charge in [0.1, 0.15) is 6.04 Å². The van der Waals surface area contributed by atoms with E-state index in [4.69, 9.17) is 10.9 Å². The minimum Gasteiger partial charge on any atom is -0.339 e. The predicted octanol–water partition coefficient (Wildman–Crippen LogP) is -0.298. The molecule has 0 saturated carbocycles. The first-order valence-corrected chi connectivity index (χ1v) is 11.2. The first-order chi connectivity index (χ1) is 15.2. The second-order valence-corrected chi connectivity index (χ2v) is 8.44. The van der Waals surface area contributed by atoms with Crippen LogP contribution in [0.3, 0.4) is 0 Å². The Balaban J connectivity index is 2.01. The quantitative estimate of drug-likeness (QED) is 0.220. The molecular formula is C22H22N4O5S. The molecule has 0 unspecified atom stereocenters. The third-order valence-electron chi connectivity index (χ3n) is 4.06. The third kappa shape index (κ3) is 8.22. The van der Waals surface area contributed by atoms with Gasteiger partial charge in [0.05, 0.1) is 6.26 Å². The SMILES string of the molecule is CS(=O)(=O)NCc1cccc(C#CC#Cc2ccc(C(=O)N[C@@H](CN)C(=O)NO)cc2)c1. The number of sulfonamides is 1. The number of nitrogens with two attached hydrogens (primary N) is 1. The normalized spacial score (nSPS) is 11.2. The van der Waals surface area contributed by atoms with E-state index < -0.39 is 27.9 Å². The van der Waals surface area contributed by atoms with E-state index in [1.165, 1.54) is 17.6 Å². The summed E-state index contributed by atoms with van der Waals surface area (Å²) in [6, 6.07) is 12.4. The summed E-state index contributed by atoms with van der Waals surface area (Å²) in [5.74, 6) is 9.87. The van der Waals surface area contributed by atoms with Crippen LogP contribution in [0.5, 0.6) is 0 Å². The van der Waals surface area contributed by atoms with Gasteiger partial charge in [-0.2, -0.15) is 0 Å². The van der Waals surface area contributed by atoms with Crippen molar-refractivity contribution in [1.29, 1.82) is 0 Å². The summed E-state index contributed by atoms with van der Waals surface area (Å²) in [7, 11) is -3.27. The number of rotatable bonds is 7. The minimum absolute atomic E-state index is 0.169. The van der Waals surface area contributed by atoms with Gasteiger partial charge in [-0.15, -0.1) is 0 Å². The van der Waals surface area contributed by atoms with Crippen molar-refractivity contribution in [3.63, 3.8) is 0 Å². The molecule has 2 aromatic carbocycles. The van der Waals surface area contributed by atoms with E-state index in [-0.39, 0.29) is 13.1 Å². The highest BCUT2D eigenvalue weighted by Gasteiger charge is 2.19. The molecule has 1 atom stereocenters. The fraction of sp³-hybridized carbons (Fsp3) is 0.182. The Labute approximate surface area is 186 Å². The van der Waals surface area contributed by atoms with Gasteiger partial charge in [0, 0.05) is 29.8 Å². The molecule has 0 heterocycles. The number of benzene rings is 2. The van der Waals surface area contributed by atoms with Crippen LogP contribution >= 0.6 is 0 Å². The molecule has 166 valence electrons. The highest BCUT2D eigenvalue weighted by atomic mass is 32.2. The van der Waals surface area contributed by atoms with Gasteiger partial charge in [0.25, 0.3) is 11.8 Å². The number of hydrogen-bond acceptors (Lipinski definition) is 6. The fourth-order valence-electron chi connectivity index (χ4n) is 2.44. The van der Waals surface area contributed by atoms with Gasteiger partial charge in [-0.3, -0.25) is 14.8 Å². The zero-order chi connectivity index (χ0) is 23.6. The Hall–Kier alpha value is -3.67.